The molecule has 2 rings (SSSR count). The molecule has 1 aromatic carbocycles. The van der Waals surface area contributed by atoms with E-state index in [-0.39, 0.29) is 0 Å². The average molecular weight is 189 g/mol. The molecule has 14 heavy (non-hydrogen) atoms. The van der Waals surface area contributed by atoms with E-state index in [1.54, 1.807) is 12.1 Å². The molecule has 1 saturated carbocycles. The van der Waals surface area contributed by atoms with Crippen LogP contribution >= 0.6 is 0 Å². The highest BCUT2D eigenvalue weighted by molar-refractivity contribution is 5.82. The van der Waals surface area contributed by atoms with Gasteiger partial charge in [-0.3, -0.25) is 0 Å². The molecule has 1 aliphatic carbocycles. The average Bonchev–Trinajstić information content (AvgIpc) is 2.21. The van der Waals surface area contributed by atoms with Gasteiger partial charge in [-0.1, -0.05) is 12.1 Å². The second-order valence-corrected chi connectivity index (χ2v) is 3.97. The molecule has 0 heterocycles. The van der Waals surface area contributed by atoms with E-state index in [1.807, 2.05) is 12.1 Å². The van der Waals surface area contributed by atoms with Crippen molar-refractivity contribution in [2.75, 3.05) is 0 Å². The van der Waals surface area contributed by atoms with Crippen LogP contribution in [-0.2, 0) is 0 Å². The molecule has 0 spiro atoms. The van der Waals surface area contributed by atoms with E-state index >= 15 is 0 Å². The second-order valence-electron chi connectivity index (χ2n) is 3.97. The second kappa shape index (κ2) is 3.82. The van der Waals surface area contributed by atoms with Crippen LogP contribution in [0.3, 0.4) is 0 Å². The van der Waals surface area contributed by atoms with Crippen LogP contribution in [0.4, 0.5) is 0 Å². The molecular formula is C12H15NO. The Balaban J connectivity index is 2.08. The first-order valence-electron chi connectivity index (χ1n) is 5.11. The van der Waals surface area contributed by atoms with E-state index in [4.69, 9.17) is 10.5 Å². The summed E-state index contributed by atoms with van der Waals surface area (Å²) in [4.78, 5) is 0. The number of hydrogen-bond acceptors (Lipinski definition) is 2. The predicted molar refractivity (Wildman–Crippen MR) is 57.0 cm³/mol. The first kappa shape index (κ1) is 9.25. The maximum atomic E-state index is 9.16. The van der Waals surface area contributed by atoms with E-state index in [1.165, 1.54) is 5.56 Å². The van der Waals surface area contributed by atoms with Crippen LogP contribution in [-0.4, -0.2) is 10.8 Å². The molecule has 2 nitrogen and oxygen atoms in total. The Labute approximate surface area is 84.1 Å². The summed E-state index contributed by atoms with van der Waals surface area (Å²) in [6.45, 7) is 0. The highest BCUT2D eigenvalue weighted by atomic mass is 16.3. The molecule has 1 aromatic rings. The minimum absolute atomic E-state index is 0.331. The standard InChI is InChI=1S/C12H15NO/c13-11-5-1-9(2-6-11)10-3-7-12(14)8-4-10/h3-4,7-9,13-14H,1-2,5-6H2. The molecule has 0 saturated heterocycles. The van der Waals surface area contributed by atoms with Gasteiger partial charge in [-0.2, -0.15) is 0 Å². The van der Waals surface area contributed by atoms with Crippen molar-refractivity contribution in [3.8, 4) is 5.75 Å². The van der Waals surface area contributed by atoms with E-state index in [9.17, 15) is 0 Å². The highest BCUT2D eigenvalue weighted by Crippen LogP contribution is 2.31. The van der Waals surface area contributed by atoms with E-state index in [0.29, 0.717) is 11.7 Å². The Morgan fingerprint density at radius 2 is 1.64 bits per heavy atom. The van der Waals surface area contributed by atoms with E-state index < -0.39 is 0 Å². The van der Waals surface area contributed by atoms with Crippen LogP contribution in [0, 0.1) is 5.41 Å². The van der Waals surface area contributed by atoms with Gasteiger partial charge >= 0.3 is 0 Å². The zero-order valence-electron chi connectivity index (χ0n) is 8.16. The molecule has 2 N–H and O–H groups in total. The minimum atomic E-state index is 0.331. The molecule has 0 unspecified atom stereocenters. The number of hydrogen-bond donors (Lipinski definition) is 2. The SMILES string of the molecule is N=C1CCC(c2ccc(O)cc2)CC1. The maximum Gasteiger partial charge on any atom is 0.115 e. The molecule has 0 amide bonds. The largest absolute Gasteiger partial charge is 0.508 e. The Bertz CT molecular complexity index is 319. The van der Waals surface area contributed by atoms with Crippen LogP contribution in [0.2, 0.25) is 0 Å². The van der Waals surface area contributed by atoms with Crippen molar-refractivity contribution < 1.29 is 5.11 Å². The quantitative estimate of drug-likeness (QED) is 0.700. The van der Waals surface area contributed by atoms with Gasteiger partial charge in [-0.15, -0.1) is 0 Å². The third-order valence-corrected chi connectivity index (χ3v) is 2.95. The fourth-order valence-corrected chi connectivity index (χ4v) is 2.05. The van der Waals surface area contributed by atoms with Gasteiger partial charge in [-0.25, -0.2) is 0 Å². The van der Waals surface area contributed by atoms with Gasteiger partial charge < -0.3 is 10.5 Å². The first-order chi connectivity index (χ1) is 6.75. The van der Waals surface area contributed by atoms with Crippen LogP contribution < -0.4 is 0 Å². The molecule has 2 heteroatoms. The highest BCUT2D eigenvalue weighted by Gasteiger charge is 2.17. The molecule has 0 bridgehead atoms. The number of nitrogens with one attached hydrogen (secondary N) is 1. The van der Waals surface area contributed by atoms with Crippen LogP contribution in [0.1, 0.15) is 37.2 Å². The van der Waals surface area contributed by atoms with Crippen molar-refractivity contribution in [3.63, 3.8) is 0 Å². The zero-order chi connectivity index (χ0) is 9.97. The van der Waals surface area contributed by atoms with Gasteiger partial charge in [0.05, 0.1) is 0 Å². The van der Waals surface area contributed by atoms with Crippen molar-refractivity contribution in [1.29, 1.82) is 5.41 Å². The van der Waals surface area contributed by atoms with Crippen LogP contribution in [0.25, 0.3) is 0 Å². The van der Waals surface area contributed by atoms with Crippen molar-refractivity contribution in [1.82, 2.24) is 0 Å². The van der Waals surface area contributed by atoms with E-state index in [0.717, 1.165) is 31.4 Å². The van der Waals surface area contributed by atoms with Crippen LogP contribution in [0.5, 0.6) is 5.75 Å². The first-order valence-corrected chi connectivity index (χ1v) is 5.11. The monoisotopic (exact) mass is 189 g/mol. The number of phenolic OH excluding ortho intramolecular Hbond substituents is 1. The predicted octanol–water partition coefficient (Wildman–Crippen LogP) is 3.07. The van der Waals surface area contributed by atoms with Gasteiger partial charge in [0.1, 0.15) is 5.75 Å². The fraction of sp³-hybridized carbons (Fsp3) is 0.417. The lowest BCUT2D eigenvalue weighted by atomic mass is 9.83. The Morgan fingerprint density at radius 1 is 1.07 bits per heavy atom. The lowest BCUT2D eigenvalue weighted by molar-refractivity contribution is 0.474. The summed E-state index contributed by atoms with van der Waals surface area (Å²) in [6, 6.07) is 7.48. The van der Waals surface area contributed by atoms with Crippen LogP contribution in [0.15, 0.2) is 24.3 Å². The molecule has 0 aromatic heterocycles. The summed E-state index contributed by atoms with van der Waals surface area (Å²) in [5.41, 5.74) is 2.19. The van der Waals surface area contributed by atoms with E-state index in [2.05, 4.69) is 0 Å². The topological polar surface area (TPSA) is 44.1 Å². The number of phenols is 1. The Kier molecular flexibility index (Phi) is 2.53. The minimum Gasteiger partial charge on any atom is -0.508 e. The summed E-state index contributed by atoms with van der Waals surface area (Å²) in [6.07, 6.45) is 4.05. The lowest BCUT2D eigenvalue weighted by Gasteiger charge is -2.22. The molecule has 1 aliphatic rings. The van der Waals surface area contributed by atoms with Gasteiger partial charge in [0, 0.05) is 5.71 Å². The van der Waals surface area contributed by atoms with Gasteiger partial charge in [0.25, 0.3) is 0 Å². The summed E-state index contributed by atoms with van der Waals surface area (Å²) in [5.74, 6) is 0.919. The zero-order valence-corrected chi connectivity index (χ0v) is 8.16. The molecule has 1 fully saturated rings. The van der Waals surface area contributed by atoms with Crippen molar-refractivity contribution in [2.24, 2.45) is 0 Å². The molecule has 0 aliphatic heterocycles. The summed E-state index contributed by atoms with van der Waals surface area (Å²) >= 11 is 0. The third-order valence-electron chi connectivity index (χ3n) is 2.95. The van der Waals surface area contributed by atoms with Crippen molar-refractivity contribution in [2.45, 2.75) is 31.6 Å². The third kappa shape index (κ3) is 1.95. The number of rotatable bonds is 1. The maximum absolute atomic E-state index is 9.16. The summed E-state index contributed by atoms with van der Waals surface area (Å²) in [5, 5.41) is 16.7. The van der Waals surface area contributed by atoms with Crippen molar-refractivity contribution >= 4 is 5.71 Å². The smallest absolute Gasteiger partial charge is 0.115 e. The molecule has 0 radical (unpaired) electrons. The normalized spacial score (nSPS) is 22.3. The Hall–Kier alpha value is -1.31. The number of benzene rings is 1. The molecule has 0 atom stereocenters. The molecular weight excluding hydrogens is 174 g/mol. The van der Waals surface area contributed by atoms with Gasteiger partial charge in [0.2, 0.25) is 0 Å². The number of aromatic hydroxyl groups is 1. The molecule has 74 valence electrons. The summed E-state index contributed by atoms with van der Waals surface area (Å²) < 4.78 is 0. The van der Waals surface area contributed by atoms with Crippen molar-refractivity contribution in [3.05, 3.63) is 29.8 Å². The fourth-order valence-electron chi connectivity index (χ4n) is 2.05. The van der Waals surface area contributed by atoms with Gasteiger partial charge in [-0.05, 0) is 49.3 Å². The Morgan fingerprint density at radius 3 is 2.21 bits per heavy atom. The lowest BCUT2D eigenvalue weighted by Crippen LogP contribution is -2.11. The van der Waals surface area contributed by atoms with Gasteiger partial charge in [0.15, 0.2) is 0 Å². The summed E-state index contributed by atoms with van der Waals surface area (Å²) in [7, 11) is 0.